The van der Waals surface area contributed by atoms with Crippen molar-refractivity contribution in [2.45, 2.75) is 6.92 Å². The zero-order valence-corrected chi connectivity index (χ0v) is 11.5. The summed E-state index contributed by atoms with van der Waals surface area (Å²) in [4.78, 5) is 22.2. The molecular weight excluding hydrogens is 246 g/mol. The summed E-state index contributed by atoms with van der Waals surface area (Å²) in [5.74, 6) is 0.685. The molecule has 1 saturated heterocycles. The second-order valence-corrected chi connectivity index (χ2v) is 4.57. The highest BCUT2D eigenvalue weighted by Gasteiger charge is 2.19. The van der Waals surface area contributed by atoms with E-state index >= 15 is 0 Å². The van der Waals surface area contributed by atoms with Crippen LogP contribution in [0.4, 0.5) is 5.82 Å². The summed E-state index contributed by atoms with van der Waals surface area (Å²) in [6.07, 6.45) is 1.49. The molecule has 1 fully saturated rings. The summed E-state index contributed by atoms with van der Waals surface area (Å²) in [5.41, 5.74) is 3.53. The number of rotatable bonds is 3. The molecule has 1 aromatic heterocycles. The predicted molar refractivity (Wildman–Crippen MR) is 70.8 cm³/mol. The van der Waals surface area contributed by atoms with Gasteiger partial charge in [0.2, 0.25) is 0 Å². The number of hydrazine groups is 1. The SMILES string of the molecule is COC(=O)c1cnc(C)nc1NN1CCN(C)CC1. The van der Waals surface area contributed by atoms with Crippen LogP contribution in [-0.2, 0) is 4.74 Å². The molecule has 0 saturated carbocycles. The molecule has 104 valence electrons. The van der Waals surface area contributed by atoms with Crippen molar-refractivity contribution in [3.05, 3.63) is 17.6 Å². The van der Waals surface area contributed by atoms with Gasteiger partial charge in [-0.05, 0) is 14.0 Å². The number of methoxy groups -OCH3 is 1. The van der Waals surface area contributed by atoms with Crippen LogP contribution in [0.25, 0.3) is 0 Å². The third-order valence-electron chi connectivity index (χ3n) is 3.08. The first kappa shape index (κ1) is 13.7. The third kappa shape index (κ3) is 3.39. The molecule has 0 amide bonds. The molecule has 0 spiro atoms. The first-order valence-corrected chi connectivity index (χ1v) is 6.22. The van der Waals surface area contributed by atoms with Gasteiger partial charge in [0.25, 0.3) is 0 Å². The van der Waals surface area contributed by atoms with Crippen LogP contribution in [0.15, 0.2) is 6.20 Å². The first-order chi connectivity index (χ1) is 9.10. The molecule has 2 rings (SSSR count). The van der Waals surface area contributed by atoms with Crippen molar-refractivity contribution >= 4 is 11.8 Å². The fraction of sp³-hybridized carbons (Fsp3) is 0.583. The van der Waals surface area contributed by atoms with E-state index in [1.807, 2.05) is 5.01 Å². The fourth-order valence-corrected chi connectivity index (χ4v) is 1.88. The average molecular weight is 265 g/mol. The Morgan fingerprint density at radius 2 is 2.05 bits per heavy atom. The van der Waals surface area contributed by atoms with E-state index in [0.29, 0.717) is 17.2 Å². The minimum Gasteiger partial charge on any atom is -0.465 e. The molecule has 0 bridgehead atoms. The topological polar surface area (TPSA) is 70.6 Å². The zero-order valence-electron chi connectivity index (χ0n) is 11.5. The van der Waals surface area contributed by atoms with Crippen molar-refractivity contribution in [2.24, 2.45) is 0 Å². The number of nitrogens with zero attached hydrogens (tertiary/aromatic N) is 4. The van der Waals surface area contributed by atoms with Gasteiger partial charge in [-0.3, -0.25) is 0 Å². The maximum atomic E-state index is 11.7. The van der Waals surface area contributed by atoms with E-state index in [-0.39, 0.29) is 0 Å². The molecule has 1 N–H and O–H groups in total. The number of hydrogen-bond acceptors (Lipinski definition) is 7. The molecule has 1 aromatic rings. The Labute approximate surface area is 112 Å². The Balaban J connectivity index is 2.14. The van der Waals surface area contributed by atoms with E-state index in [1.165, 1.54) is 13.3 Å². The molecule has 0 atom stereocenters. The minimum atomic E-state index is -0.434. The number of aryl methyl sites for hydroxylation is 1. The van der Waals surface area contributed by atoms with Gasteiger partial charge in [-0.2, -0.15) is 0 Å². The number of aromatic nitrogens is 2. The maximum Gasteiger partial charge on any atom is 0.343 e. The molecule has 2 heterocycles. The van der Waals surface area contributed by atoms with Gasteiger partial charge >= 0.3 is 5.97 Å². The lowest BCUT2D eigenvalue weighted by Crippen LogP contribution is -2.47. The monoisotopic (exact) mass is 265 g/mol. The number of likely N-dealkylation sites (N-methyl/N-ethyl adjacent to an activating group) is 1. The van der Waals surface area contributed by atoms with Crippen molar-refractivity contribution in [1.82, 2.24) is 19.9 Å². The Bertz CT molecular complexity index is 457. The van der Waals surface area contributed by atoms with E-state index in [2.05, 4.69) is 27.3 Å². The van der Waals surface area contributed by atoms with Crippen LogP contribution in [0.2, 0.25) is 0 Å². The molecule has 19 heavy (non-hydrogen) atoms. The number of esters is 1. The third-order valence-corrected chi connectivity index (χ3v) is 3.08. The van der Waals surface area contributed by atoms with E-state index < -0.39 is 5.97 Å². The second kappa shape index (κ2) is 5.94. The standard InChI is InChI=1S/C12H19N5O2/c1-9-13-8-10(12(18)19-3)11(14-9)15-17-6-4-16(2)5-7-17/h8H,4-7H2,1-3H3,(H,13,14,15). The molecule has 0 unspecified atom stereocenters. The van der Waals surface area contributed by atoms with E-state index in [1.54, 1.807) is 6.92 Å². The van der Waals surface area contributed by atoms with Gasteiger partial charge in [0.15, 0.2) is 5.82 Å². The molecule has 0 aromatic carbocycles. The summed E-state index contributed by atoms with van der Waals surface area (Å²) in [7, 11) is 3.44. The van der Waals surface area contributed by atoms with Gasteiger partial charge < -0.3 is 15.1 Å². The molecule has 7 heteroatoms. The summed E-state index contributed by atoms with van der Waals surface area (Å²) >= 11 is 0. The van der Waals surface area contributed by atoms with Gasteiger partial charge in [0.1, 0.15) is 11.4 Å². The van der Waals surface area contributed by atoms with Gasteiger partial charge in [0.05, 0.1) is 7.11 Å². The highest BCUT2D eigenvalue weighted by molar-refractivity contribution is 5.94. The Hall–Kier alpha value is -1.73. The molecule has 0 aliphatic carbocycles. The van der Waals surface area contributed by atoms with E-state index in [4.69, 9.17) is 4.74 Å². The number of nitrogens with one attached hydrogen (secondary N) is 1. The lowest BCUT2D eigenvalue weighted by Gasteiger charge is -2.32. The highest BCUT2D eigenvalue weighted by Crippen LogP contribution is 2.14. The van der Waals surface area contributed by atoms with Crippen molar-refractivity contribution < 1.29 is 9.53 Å². The molecule has 7 nitrogen and oxygen atoms in total. The quantitative estimate of drug-likeness (QED) is 0.780. The Morgan fingerprint density at radius 1 is 1.37 bits per heavy atom. The van der Waals surface area contributed by atoms with Crippen LogP contribution in [0.1, 0.15) is 16.2 Å². The number of ether oxygens (including phenoxy) is 1. The largest absolute Gasteiger partial charge is 0.465 e. The van der Waals surface area contributed by atoms with E-state index in [9.17, 15) is 4.79 Å². The number of carbonyl (C=O) groups is 1. The van der Waals surface area contributed by atoms with E-state index in [0.717, 1.165) is 26.2 Å². The Kier molecular flexibility index (Phi) is 4.28. The fourth-order valence-electron chi connectivity index (χ4n) is 1.88. The van der Waals surface area contributed by atoms with Gasteiger partial charge in [0, 0.05) is 32.4 Å². The van der Waals surface area contributed by atoms with Crippen LogP contribution in [0.3, 0.4) is 0 Å². The average Bonchev–Trinajstić information content (AvgIpc) is 2.41. The van der Waals surface area contributed by atoms with Gasteiger partial charge in [-0.15, -0.1) is 0 Å². The van der Waals surface area contributed by atoms with Crippen molar-refractivity contribution in [3.63, 3.8) is 0 Å². The summed E-state index contributed by atoms with van der Waals surface area (Å²) in [5, 5.41) is 2.05. The van der Waals surface area contributed by atoms with Crippen LogP contribution in [-0.4, -0.2) is 66.2 Å². The molecule has 1 aliphatic rings. The Morgan fingerprint density at radius 3 is 2.68 bits per heavy atom. The van der Waals surface area contributed by atoms with Crippen LogP contribution < -0.4 is 5.43 Å². The predicted octanol–water partition coefficient (Wildman–Crippen LogP) is 0.146. The highest BCUT2D eigenvalue weighted by atomic mass is 16.5. The van der Waals surface area contributed by atoms with Crippen LogP contribution in [0.5, 0.6) is 0 Å². The number of anilines is 1. The van der Waals surface area contributed by atoms with Gasteiger partial charge in [-0.25, -0.2) is 19.8 Å². The summed E-state index contributed by atoms with van der Waals surface area (Å²) in [6.45, 7) is 5.49. The van der Waals surface area contributed by atoms with Crippen molar-refractivity contribution in [1.29, 1.82) is 0 Å². The molecule has 0 radical (unpaired) electrons. The molecular formula is C12H19N5O2. The van der Waals surface area contributed by atoms with Crippen molar-refractivity contribution in [3.8, 4) is 0 Å². The number of hydrogen-bond donors (Lipinski definition) is 1. The molecule has 1 aliphatic heterocycles. The maximum absolute atomic E-state index is 11.7. The van der Waals surface area contributed by atoms with Crippen LogP contribution in [0, 0.1) is 6.92 Å². The lowest BCUT2D eigenvalue weighted by atomic mass is 10.3. The second-order valence-electron chi connectivity index (χ2n) is 4.57. The summed E-state index contributed by atoms with van der Waals surface area (Å²) in [6, 6.07) is 0. The zero-order chi connectivity index (χ0) is 13.8. The number of carbonyl (C=O) groups excluding carboxylic acids is 1. The first-order valence-electron chi connectivity index (χ1n) is 6.22. The van der Waals surface area contributed by atoms with Crippen LogP contribution >= 0.6 is 0 Å². The minimum absolute atomic E-state index is 0.354. The normalized spacial score (nSPS) is 17.2. The summed E-state index contributed by atoms with van der Waals surface area (Å²) < 4.78 is 4.74. The smallest absolute Gasteiger partial charge is 0.343 e. The lowest BCUT2D eigenvalue weighted by molar-refractivity contribution is 0.0600. The van der Waals surface area contributed by atoms with Crippen molar-refractivity contribution in [2.75, 3.05) is 45.8 Å². The van der Waals surface area contributed by atoms with Gasteiger partial charge in [-0.1, -0.05) is 0 Å². The number of piperazine rings is 1.